The minimum absolute atomic E-state index is 0.0823. The van der Waals surface area contributed by atoms with Crippen LogP contribution in [0.5, 0.6) is 0 Å². The first-order chi connectivity index (χ1) is 12.9. The zero-order chi connectivity index (χ0) is 21.8. The minimum Gasteiger partial charge on any atom is -0.342 e. The van der Waals surface area contributed by atoms with Crippen LogP contribution >= 0.6 is 7.60 Å². The van der Waals surface area contributed by atoms with Crippen molar-refractivity contribution in [2.24, 2.45) is 0 Å². The van der Waals surface area contributed by atoms with Gasteiger partial charge in [0.1, 0.15) is 0 Å². The summed E-state index contributed by atoms with van der Waals surface area (Å²) in [6.07, 6.45) is 5.21. The van der Waals surface area contributed by atoms with E-state index in [4.69, 9.17) is 9.05 Å². The fraction of sp³-hybridized carbons (Fsp3) is 0.850. The van der Waals surface area contributed by atoms with Gasteiger partial charge in [0.25, 0.3) is 0 Å². The summed E-state index contributed by atoms with van der Waals surface area (Å²) in [7, 11) is -2.75. The summed E-state index contributed by atoms with van der Waals surface area (Å²) in [6.45, 7) is 10.4. The molecule has 0 saturated carbocycles. The Hall–Kier alpha value is -0.780. The number of alkyl halides is 2. The average Bonchev–Trinajstić information content (AvgIpc) is 2.57. The number of hydrogen-bond acceptors (Lipinski definition) is 4. The Kier molecular flexibility index (Phi) is 13.1. The molecule has 0 aromatic rings. The molecule has 0 spiro atoms. The molecule has 8 heteroatoms. The highest BCUT2D eigenvalue weighted by Gasteiger charge is 2.53. The number of nitrogens with zero attached hydrogens (tertiary/aromatic N) is 1. The van der Waals surface area contributed by atoms with Crippen LogP contribution in [-0.4, -0.2) is 42.3 Å². The quantitative estimate of drug-likeness (QED) is 0.163. The van der Waals surface area contributed by atoms with Crippen molar-refractivity contribution >= 4 is 13.5 Å². The summed E-state index contributed by atoms with van der Waals surface area (Å²) < 4.78 is 51.6. The lowest BCUT2D eigenvalue weighted by molar-refractivity contribution is -0.124. The lowest BCUT2D eigenvalue weighted by Crippen LogP contribution is -2.25. The summed E-state index contributed by atoms with van der Waals surface area (Å²) in [5.74, 6) is -0.0823. The third-order valence-corrected chi connectivity index (χ3v) is 6.55. The van der Waals surface area contributed by atoms with E-state index in [9.17, 15) is 18.1 Å². The van der Waals surface area contributed by atoms with E-state index in [1.54, 1.807) is 39.6 Å². The molecule has 0 fully saturated rings. The monoisotopic (exact) mass is 425 g/mol. The lowest BCUT2D eigenvalue weighted by atomic mass is 10.1. The lowest BCUT2D eigenvalue weighted by Gasteiger charge is -2.29. The first kappa shape index (κ1) is 27.2. The van der Waals surface area contributed by atoms with E-state index < -0.39 is 31.9 Å². The van der Waals surface area contributed by atoms with Crippen molar-refractivity contribution in [3.63, 3.8) is 0 Å². The van der Waals surface area contributed by atoms with Gasteiger partial charge in [-0.3, -0.25) is 9.36 Å². The fourth-order valence-corrected chi connectivity index (χ4v) is 4.61. The van der Waals surface area contributed by atoms with Gasteiger partial charge in [-0.15, -0.1) is 0 Å². The Labute approximate surface area is 169 Å². The van der Waals surface area contributed by atoms with Crippen LogP contribution in [0, 0.1) is 0 Å². The van der Waals surface area contributed by atoms with Crippen LogP contribution in [0.25, 0.3) is 0 Å². The molecule has 5 nitrogen and oxygen atoms in total. The highest BCUT2D eigenvalue weighted by molar-refractivity contribution is 7.55. The molecule has 28 heavy (non-hydrogen) atoms. The van der Waals surface area contributed by atoms with E-state index in [2.05, 4.69) is 6.58 Å². The predicted octanol–water partition coefficient (Wildman–Crippen LogP) is 6.39. The first-order valence-corrected chi connectivity index (χ1v) is 11.7. The van der Waals surface area contributed by atoms with Gasteiger partial charge in [0.2, 0.25) is 5.91 Å². The van der Waals surface area contributed by atoms with E-state index >= 15 is 0 Å². The van der Waals surface area contributed by atoms with Gasteiger partial charge in [-0.1, -0.05) is 38.7 Å². The number of rotatable bonds is 16. The Morgan fingerprint density at radius 1 is 1.00 bits per heavy atom. The number of unbranched alkanes of at least 4 members (excludes halogenated alkanes) is 6. The topological polar surface area (TPSA) is 55.8 Å². The minimum atomic E-state index is -4.50. The predicted molar refractivity (Wildman–Crippen MR) is 110 cm³/mol. The number of halogens is 2. The molecular weight excluding hydrogens is 387 g/mol. The van der Waals surface area contributed by atoms with Crippen LogP contribution in [0.3, 0.4) is 0 Å². The Morgan fingerprint density at radius 2 is 1.43 bits per heavy atom. The highest BCUT2D eigenvalue weighted by atomic mass is 31.2. The van der Waals surface area contributed by atoms with E-state index in [0.717, 1.165) is 32.1 Å². The summed E-state index contributed by atoms with van der Waals surface area (Å²) in [6, 6.07) is 0. The van der Waals surface area contributed by atoms with Crippen molar-refractivity contribution in [3.05, 3.63) is 12.7 Å². The molecule has 0 aliphatic rings. The van der Waals surface area contributed by atoms with Gasteiger partial charge in [0.05, 0.1) is 12.2 Å². The van der Waals surface area contributed by atoms with Crippen molar-refractivity contribution in [2.45, 2.75) is 96.9 Å². The van der Waals surface area contributed by atoms with Gasteiger partial charge in [0.15, 0.2) is 0 Å². The Bertz CT molecular complexity index is 498. The normalized spacial score (nSPS) is 12.6. The number of amides is 1. The fourth-order valence-electron chi connectivity index (χ4n) is 2.71. The third kappa shape index (κ3) is 10.7. The molecule has 0 aliphatic heterocycles. The summed E-state index contributed by atoms with van der Waals surface area (Å²) >= 11 is 0. The number of hydrogen-bond donors (Lipinski definition) is 0. The molecule has 0 N–H and O–H groups in total. The molecule has 0 heterocycles. The van der Waals surface area contributed by atoms with Crippen LogP contribution in [0.15, 0.2) is 12.7 Å². The van der Waals surface area contributed by atoms with Crippen molar-refractivity contribution in [2.75, 3.05) is 13.6 Å². The van der Waals surface area contributed by atoms with E-state index in [-0.39, 0.29) is 12.3 Å². The summed E-state index contributed by atoms with van der Waals surface area (Å²) in [4.78, 5) is 13.0. The van der Waals surface area contributed by atoms with Gasteiger partial charge in [0, 0.05) is 20.0 Å². The van der Waals surface area contributed by atoms with Crippen LogP contribution in [-0.2, 0) is 18.4 Å². The maximum absolute atomic E-state index is 14.5. The molecule has 0 unspecified atom stereocenters. The Balaban J connectivity index is 4.12. The second-order valence-electron chi connectivity index (χ2n) is 7.66. The SMILES string of the molecule is C=CC(=O)N(C)CCCCCCCCCC(F)(F)P(=O)(OC(C)C)OC(C)C. The maximum Gasteiger partial charge on any atom is 0.400 e. The van der Waals surface area contributed by atoms with Crippen molar-refractivity contribution in [3.8, 4) is 0 Å². The van der Waals surface area contributed by atoms with Gasteiger partial charge < -0.3 is 13.9 Å². The van der Waals surface area contributed by atoms with E-state index in [1.807, 2.05) is 0 Å². The van der Waals surface area contributed by atoms with Gasteiger partial charge in [-0.05, 0) is 46.6 Å². The molecule has 0 aromatic carbocycles. The van der Waals surface area contributed by atoms with Crippen LogP contribution in [0.1, 0.15) is 79.1 Å². The molecule has 0 radical (unpaired) electrons. The van der Waals surface area contributed by atoms with Crippen LogP contribution in [0.4, 0.5) is 8.78 Å². The molecule has 0 aromatic heterocycles. The van der Waals surface area contributed by atoms with Gasteiger partial charge in [-0.25, -0.2) is 0 Å². The van der Waals surface area contributed by atoms with Gasteiger partial charge >= 0.3 is 13.3 Å². The first-order valence-electron chi connectivity index (χ1n) is 10.2. The summed E-state index contributed by atoms with van der Waals surface area (Å²) in [5, 5.41) is 0. The third-order valence-electron chi connectivity index (χ3n) is 4.12. The van der Waals surface area contributed by atoms with Gasteiger partial charge in [-0.2, -0.15) is 8.78 Å². The number of carbonyl (C=O) groups excluding carboxylic acids is 1. The highest BCUT2D eigenvalue weighted by Crippen LogP contribution is 2.65. The molecule has 0 aliphatic carbocycles. The molecule has 0 rings (SSSR count). The molecule has 166 valence electrons. The summed E-state index contributed by atoms with van der Waals surface area (Å²) in [5.41, 5.74) is -3.48. The van der Waals surface area contributed by atoms with Crippen molar-refractivity contribution < 1.29 is 27.2 Å². The average molecular weight is 425 g/mol. The molecule has 1 amide bonds. The Morgan fingerprint density at radius 3 is 1.86 bits per heavy atom. The van der Waals surface area contributed by atoms with Crippen molar-refractivity contribution in [1.82, 2.24) is 4.90 Å². The largest absolute Gasteiger partial charge is 0.400 e. The zero-order valence-electron chi connectivity index (χ0n) is 18.1. The number of likely N-dealkylation sites (N-methyl/N-ethyl adjacent to an activating group) is 1. The zero-order valence-corrected chi connectivity index (χ0v) is 19.0. The standard InChI is InChI=1S/C20H38F2NO4P/c1-7-19(24)23(6)16-14-12-10-8-9-11-13-15-20(21,22)28(25,26-17(2)3)27-18(4)5/h7,17-18H,1,8-16H2,2-6H3. The van der Waals surface area contributed by atoms with E-state index in [1.165, 1.54) is 6.08 Å². The maximum atomic E-state index is 14.5. The number of carbonyl (C=O) groups is 1. The smallest absolute Gasteiger partial charge is 0.342 e. The molecule has 0 atom stereocenters. The molecule has 0 bridgehead atoms. The van der Waals surface area contributed by atoms with E-state index in [0.29, 0.717) is 13.0 Å². The second kappa shape index (κ2) is 13.4. The van der Waals surface area contributed by atoms with Crippen LogP contribution in [0.2, 0.25) is 0 Å². The second-order valence-corrected chi connectivity index (χ2v) is 9.73. The van der Waals surface area contributed by atoms with Crippen LogP contribution < -0.4 is 0 Å². The molecule has 0 saturated heterocycles. The van der Waals surface area contributed by atoms with Crippen molar-refractivity contribution in [1.29, 1.82) is 0 Å². The molecular formula is C20H38F2NO4P.